The van der Waals surface area contributed by atoms with Crippen LogP contribution in [0.3, 0.4) is 0 Å². The monoisotopic (exact) mass is 542 g/mol. The van der Waals surface area contributed by atoms with Gasteiger partial charge in [0, 0.05) is 31.5 Å². The number of benzene rings is 2. The minimum absolute atomic E-state index is 0.0707. The molecule has 1 unspecified atom stereocenters. The summed E-state index contributed by atoms with van der Waals surface area (Å²) < 4.78 is 45.4. The highest BCUT2D eigenvalue weighted by molar-refractivity contribution is 5.42. The molecular formula is C29H33F3N4O3. The van der Waals surface area contributed by atoms with E-state index in [1.54, 1.807) is 13.2 Å². The summed E-state index contributed by atoms with van der Waals surface area (Å²) in [7, 11) is 1.63. The van der Waals surface area contributed by atoms with Crippen molar-refractivity contribution in [1.82, 2.24) is 9.47 Å². The van der Waals surface area contributed by atoms with Crippen molar-refractivity contribution in [1.29, 1.82) is 5.41 Å². The van der Waals surface area contributed by atoms with Crippen LogP contribution < -0.4 is 16.0 Å². The number of nitrogens with two attached hydrogens (primary N) is 1. The predicted molar refractivity (Wildman–Crippen MR) is 143 cm³/mol. The molecule has 10 heteroatoms. The van der Waals surface area contributed by atoms with Gasteiger partial charge in [0.25, 0.3) is 0 Å². The van der Waals surface area contributed by atoms with Crippen molar-refractivity contribution in [3.05, 3.63) is 101 Å². The molecule has 0 saturated heterocycles. The third-order valence-corrected chi connectivity index (χ3v) is 6.51. The molecule has 7 nitrogen and oxygen atoms in total. The number of aromatic nitrogens is 1. The number of carbonyl (C=O) groups excluding carboxylic acids is 1. The molecule has 1 aliphatic carbocycles. The molecule has 1 atom stereocenters. The number of rotatable bonds is 9. The van der Waals surface area contributed by atoms with E-state index in [1.165, 1.54) is 17.3 Å². The van der Waals surface area contributed by atoms with E-state index in [4.69, 9.17) is 14.9 Å². The fraction of sp³-hybridized carbons (Fsp3) is 0.310. The summed E-state index contributed by atoms with van der Waals surface area (Å²) in [6.45, 7) is 1.07. The maximum atomic E-state index is 13.0. The van der Waals surface area contributed by atoms with Crippen molar-refractivity contribution in [2.24, 2.45) is 5.73 Å². The summed E-state index contributed by atoms with van der Waals surface area (Å²) in [5.41, 5.74) is 7.02. The van der Waals surface area contributed by atoms with Gasteiger partial charge in [0.1, 0.15) is 11.2 Å². The minimum atomic E-state index is -4.48. The first-order chi connectivity index (χ1) is 18.6. The van der Waals surface area contributed by atoms with E-state index in [1.807, 2.05) is 36.4 Å². The number of halogens is 3. The van der Waals surface area contributed by atoms with Crippen LogP contribution in [0.1, 0.15) is 28.7 Å². The lowest BCUT2D eigenvalue weighted by Gasteiger charge is -2.31. The van der Waals surface area contributed by atoms with E-state index < -0.39 is 17.8 Å². The average Bonchev–Trinajstić information content (AvgIpc) is 3.34. The van der Waals surface area contributed by atoms with E-state index in [0.29, 0.717) is 13.1 Å². The Bertz CT molecular complexity index is 1280. The van der Waals surface area contributed by atoms with Crippen LogP contribution in [0.25, 0.3) is 6.20 Å². The van der Waals surface area contributed by atoms with Gasteiger partial charge in [-0.2, -0.15) is 13.2 Å². The summed E-state index contributed by atoms with van der Waals surface area (Å²) >= 11 is 0. The normalized spacial score (nSPS) is 14.1. The average molecular weight is 543 g/mol. The third-order valence-electron chi connectivity index (χ3n) is 6.51. The molecule has 2 aromatic carbocycles. The Morgan fingerprint density at radius 1 is 1.13 bits per heavy atom. The van der Waals surface area contributed by atoms with E-state index in [-0.39, 0.29) is 24.4 Å². The number of primary amides is 1. The number of aliphatic hydroxyl groups excluding tert-OH is 1. The van der Waals surface area contributed by atoms with E-state index in [2.05, 4.69) is 22.8 Å². The van der Waals surface area contributed by atoms with Gasteiger partial charge in [-0.05, 0) is 60.2 Å². The van der Waals surface area contributed by atoms with Gasteiger partial charge in [-0.25, -0.2) is 0 Å². The van der Waals surface area contributed by atoms with E-state index in [9.17, 15) is 18.3 Å². The smallest absolute Gasteiger partial charge is 0.417 e. The second kappa shape index (κ2) is 13.8. The molecule has 39 heavy (non-hydrogen) atoms. The summed E-state index contributed by atoms with van der Waals surface area (Å²) in [6, 6.07) is 18.5. The maximum Gasteiger partial charge on any atom is 0.417 e. The molecule has 0 fully saturated rings. The summed E-state index contributed by atoms with van der Waals surface area (Å²) in [6.07, 6.45) is 0.998. The van der Waals surface area contributed by atoms with Gasteiger partial charge in [-0.15, -0.1) is 0 Å². The van der Waals surface area contributed by atoms with Gasteiger partial charge in [0.2, 0.25) is 6.41 Å². The van der Waals surface area contributed by atoms with Crippen LogP contribution in [0.5, 0.6) is 5.75 Å². The Hall–Kier alpha value is -3.89. The molecule has 0 bridgehead atoms. The van der Waals surface area contributed by atoms with Gasteiger partial charge in [0.15, 0.2) is 0 Å². The SMILES string of the molecule is COc1ccc(CN(CC(O)C/C=C/n2cc(C(F)(F)F)ccc2=N)C2Cc3ccccc3C2)cc1.NC=O. The summed E-state index contributed by atoms with van der Waals surface area (Å²) in [4.78, 5) is 10.9. The van der Waals surface area contributed by atoms with Gasteiger partial charge in [-0.1, -0.05) is 42.5 Å². The number of fused-ring (bicyclic) bond motifs is 1. The van der Waals surface area contributed by atoms with Crippen LogP contribution in [0, 0.1) is 5.41 Å². The molecular weight excluding hydrogens is 509 g/mol. The number of aliphatic hydroxyl groups is 1. The highest BCUT2D eigenvalue weighted by Gasteiger charge is 2.31. The van der Waals surface area contributed by atoms with Crippen molar-refractivity contribution in [3.63, 3.8) is 0 Å². The topological polar surface area (TPSA) is 105 Å². The zero-order valence-electron chi connectivity index (χ0n) is 21.6. The highest BCUT2D eigenvalue weighted by atomic mass is 19.4. The lowest BCUT2D eigenvalue weighted by atomic mass is 10.1. The quantitative estimate of drug-likeness (QED) is 0.356. The van der Waals surface area contributed by atoms with Gasteiger partial charge in [-0.3, -0.25) is 15.1 Å². The first-order valence-corrected chi connectivity index (χ1v) is 12.4. The number of nitrogens with one attached hydrogen (secondary N) is 1. The van der Waals surface area contributed by atoms with Crippen LogP contribution in [-0.4, -0.2) is 46.8 Å². The molecule has 4 N–H and O–H groups in total. The molecule has 4 rings (SSSR count). The second-order valence-electron chi connectivity index (χ2n) is 9.23. The number of alkyl halides is 3. The molecule has 0 spiro atoms. The Labute approximate surface area is 225 Å². The van der Waals surface area contributed by atoms with Crippen molar-refractivity contribution in [3.8, 4) is 5.75 Å². The molecule has 0 saturated carbocycles. The van der Waals surface area contributed by atoms with Gasteiger partial charge in [0.05, 0.1) is 18.8 Å². The molecule has 1 heterocycles. The first-order valence-electron chi connectivity index (χ1n) is 12.4. The fourth-order valence-electron chi connectivity index (χ4n) is 4.59. The Morgan fingerprint density at radius 3 is 2.31 bits per heavy atom. The van der Waals surface area contributed by atoms with Crippen LogP contribution >= 0.6 is 0 Å². The molecule has 3 aromatic rings. The molecule has 1 amide bonds. The molecule has 1 aromatic heterocycles. The standard InChI is InChI=1S/C28H30F3N3O2.CH3NO/c1-36-26-11-8-20(9-12-26)17-34(24-15-21-5-2-3-6-22(21)16-24)19-25(35)7-4-14-33-18-23(28(29,30)31)10-13-27(33)32;2-1-3/h2-6,8-14,18,24-25,32,35H,7,15-17,19H2,1H3;1H,(H2,2,3)/b14-4+,32-27?;. The van der Waals surface area contributed by atoms with E-state index >= 15 is 0 Å². The van der Waals surface area contributed by atoms with Crippen LogP contribution in [0.2, 0.25) is 0 Å². The number of nitrogens with zero attached hydrogens (tertiary/aromatic N) is 2. The third kappa shape index (κ3) is 8.56. The summed E-state index contributed by atoms with van der Waals surface area (Å²) in [5.74, 6) is 0.782. The van der Waals surface area contributed by atoms with Crippen molar-refractivity contribution >= 4 is 12.6 Å². The number of hydrogen-bond donors (Lipinski definition) is 3. The zero-order chi connectivity index (χ0) is 28.4. The van der Waals surface area contributed by atoms with E-state index in [0.717, 1.165) is 47.1 Å². The largest absolute Gasteiger partial charge is 0.497 e. The first kappa shape index (κ1) is 29.7. The molecule has 208 valence electrons. The lowest BCUT2D eigenvalue weighted by molar-refractivity contribution is -0.138. The zero-order valence-corrected chi connectivity index (χ0v) is 21.6. The fourth-order valence-corrected chi connectivity index (χ4v) is 4.59. The Morgan fingerprint density at radius 2 is 1.74 bits per heavy atom. The highest BCUT2D eigenvalue weighted by Crippen LogP contribution is 2.29. The van der Waals surface area contributed by atoms with Crippen LogP contribution in [0.15, 0.2) is 72.9 Å². The Kier molecular flexibility index (Phi) is 10.5. The summed E-state index contributed by atoms with van der Waals surface area (Å²) in [5, 5.41) is 18.7. The number of ether oxygens (including phenoxy) is 1. The minimum Gasteiger partial charge on any atom is -0.497 e. The van der Waals surface area contributed by atoms with Crippen molar-refractivity contribution < 1.29 is 27.8 Å². The molecule has 0 aliphatic heterocycles. The van der Waals surface area contributed by atoms with Crippen LogP contribution in [-0.2, 0) is 30.4 Å². The molecule has 1 aliphatic rings. The number of methoxy groups -OCH3 is 1. The van der Waals surface area contributed by atoms with Gasteiger partial charge >= 0.3 is 6.18 Å². The predicted octanol–water partition coefficient (Wildman–Crippen LogP) is 3.99. The van der Waals surface area contributed by atoms with Crippen molar-refractivity contribution in [2.45, 2.75) is 44.1 Å². The second-order valence-corrected chi connectivity index (χ2v) is 9.23. The van der Waals surface area contributed by atoms with Crippen molar-refractivity contribution in [2.75, 3.05) is 13.7 Å². The number of amides is 1. The Balaban J connectivity index is 0.00000134. The number of pyridine rings is 1. The molecule has 0 radical (unpaired) electrons. The van der Waals surface area contributed by atoms with Gasteiger partial charge < -0.3 is 20.1 Å². The van der Waals surface area contributed by atoms with Crippen LogP contribution in [0.4, 0.5) is 13.2 Å². The lowest BCUT2D eigenvalue weighted by Crippen LogP contribution is -2.40. The maximum absolute atomic E-state index is 13.0. The number of carbonyl (C=O) groups is 1. The number of hydrogen-bond acceptors (Lipinski definition) is 5.